The van der Waals surface area contributed by atoms with Crippen LogP contribution in [0.1, 0.15) is 52.7 Å². The van der Waals surface area contributed by atoms with Crippen LogP contribution in [0.4, 0.5) is 0 Å². The number of hydrogen-bond acceptors (Lipinski definition) is 3. The van der Waals surface area contributed by atoms with Gasteiger partial charge < -0.3 is 0 Å². The van der Waals surface area contributed by atoms with Gasteiger partial charge in [0, 0.05) is 18.6 Å². The Morgan fingerprint density at radius 2 is 1.48 bits per heavy atom. The van der Waals surface area contributed by atoms with Crippen molar-refractivity contribution in [2.75, 3.05) is 0 Å². The predicted molar refractivity (Wildman–Crippen MR) is 102 cm³/mol. The quantitative estimate of drug-likeness (QED) is 0.668. The summed E-state index contributed by atoms with van der Waals surface area (Å²) < 4.78 is 1.80. The van der Waals surface area contributed by atoms with Crippen LogP contribution < -0.4 is 0 Å². The molecule has 25 heavy (non-hydrogen) atoms. The minimum absolute atomic E-state index is 0.0151. The first-order valence-corrected chi connectivity index (χ1v) is 8.64. The molecule has 4 nitrogen and oxygen atoms in total. The van der Waals surface area contributed by atoms with Crippen molar-refractivity contribution in [1.82, 2.24) is 19.7 Å². The molecule has 3 heterocycles. The van der Waals surface area contributed by atoms with Gasteiger partial charge in [-0.15, -0.1) is 0 Å². The molecule has 0 saturated carbocycles. The Morgan fingerprint density at radius 1 is 0.800 bits per heavy atom. The number of nitrogens with zero attached hydrogens (tertiary/aromatic N) is 4. The highest BCUT2D eigenvalue weighted by atomic mass is 15.3. The topological polar surface area (TPSA) is 43.6 Å². The van der Waals surface area contributed by atoms with E-state index in [1.165, 1.54) is 11.1 Å². The average molecular weight is 334 g/mol. The SMILES string of the molecule is CC(C)(C)c1ccnc(-c2cc(C(C)(C)C)cc(-n3cccn3)n2)c1. The molecular weight excluding hydrogens is 308 g/mol. The van der Waals surface area contributed by atoms with Gasteiger partial charge >= 0.3 is 0 Å². The second-order valence-corrected chi connectivity index (χ2v) is 8.48. The Balaban J connectivity index is 2.18. The van der Waals surface area contributed by atoms with Crippen molar-refractivity contribution in [1.29, 1.82) is 0 Å². The number of aromatic nitrogens is 4. The zero-order valence-corrected chi connectivity index (χ0v) is 15.9. The molecule has 0 N–H and O–H groups in total. The molecule has 3 rings (SSSR count). The molecule has 4 heteroatoms. The van der Waals surface area contributed by atoms with Crippen molar-refractivity contribution in [2.45, 2.75) is 52.4 Å². The van der Waals surface area contributed by atoms with Crippen molar-refractivity contribution in [3.05, 3.63) is 60.0 Å². The van der Waals surface area contributed by atoms with Gasteiger partial charge in [0.05, 0.1) is 11.4 Å². The van der Waals surface area contributed by atoms with Crippen LogP contribution in [0.2, 0.25) is 0 Å². The molecule has 3 aromatic rings. The first kappa shape index (κ1) is 17.3. The third-order valence-electron chi connectivity index (χ3n) is 4.31. The van der Waals surface area contributed by atoms with E-state index in [9.17, 15) is 0 Å². The molecule has 0 radical (unpaired) electrons. The summed E-state index contributed by atoms with van der Waals surface area (Å²) in [4.78, 5) is 9.40. The summed E-state index contributed by atoms with van der Waals surface area (Å²) in [5.41, 5.74) is 4.33. The van der Waals surface area contributed by atoms with Gasteiger partial charge in [-0.05, 0) is 52.3 Å². The average Bonchev–Trinajstić information content (AvgIpc) is 3.07. The zero-order chi connectivity index (χ0) is 18.2. The Morgan fingerprint density at radius 3 is 2.08 bits per heavy atom. The number of rotatable bonds is 2. The van der Waals surface area contributed by atoms with Crippen LogP contribution in [-0.4, -0.2) is 19.7 Å². The van der Waals surface area contributed by atoms with Gasteiger partial charge in [-0.25, -0.2) is 9.67 Å². The van der Waals surface area contributed by atoms with Crippen molar-refractivity contribution in [3.63, 3.8) is 0 Å². The molecule has 0 saturated heterocycles. The molecule has 0 spiro atoms. The minimum atomic E-state index is 0.0151. The summed E-state index contributed by atoms with van der Waals surface area (Å²) in [7, 11) is 0. The fourth-order valence-corrected chi connectivity index (χ4v) is 2.64. The molecule has 3 aromatic heterocycles. The van der Waals surface area contributed by atoms with Gasteiger partial charge in [0.25, 0.3) is 0 Å². The Hall–Kier alpha value is -2.49. The highest BCUT2D eigenvalue weighted by molar-refractivity contribution is 5.59. The van der Waals surface area contributed by atoms with Crippen LogP contribution in [0.5, 0.6) is 0 Å². The van der Waals surface area contributed by atoms with E-state index in [0.717, 1.165) is 17.2 Å². The summed E-state index contributed by atoms with van der Waals surface area (Å²) in [5.74, 6) is 0.815. The molecule has 0 amide bonds. The smallest absolute Gasteiger partial charge is 0.154 e. The number of hydrogen-bond donors (Lipinski definition) is 0. The van der Waals surface area contributed by atoms with Gasteiger partial charge in [-0.3, -0.25) is 4.98 Å². The van der Waals surface area contributed by atoms with Crippen LogP contribution in [0.25, 0.3) is 17.2 Å². The molecule has 0 aliphatic heterocycles. The molecule has 130 valence electrons. The molecule has 0 atom stereocenters. The maximum atomic E-state index is 4.82. The van der Waals surface area contributed by atoms with Crippen LogP contribution in [0.3, 0.4) is 0 Å². The van der Waals surface area contributed by atoms with Gasteiger partial charge in [0.2, 0.25) is 0 Å². The van der Waals surface area contributed by atoms with Gasteiger partial charge in [0.1, 0.15) is 0 Å². The Labute approximate surface area is 150 Å². The summed E-state index contributed by atoms with van der Waals surface area (Å²) >= 11 is 0. The van der Waals surface area contributed by atoms with Gasteiger partial charge in [-0.2, -0.15) is 5.10 Å². The monoisotopic (exact) mass is 334 g/mol. The lowest BCUT2D eigenvalue weighted by molar-refractivity contribution is 0.587. The molecular formula is C21H26N4. The molecule has 0 aliphatic carbocycles. The van der Waals surface area contributed by atoms with E-state index in [1.807, 2.05) is 18.5 Å². The molecule has 0 aliphatic rings. The molecule has 0 unspecified atom stereocenters. The van der Waals surface area contributed by atoms with Crippen LogP contribution >= 0.6 is 0 Å². The van der Waals surface area contributed by atoms with E-state index in [2.05, 4.69) is 75.9 Å². The van der Waals surface area contributed by atoms with Crippen molar-refractivity contribution in [2.24, 2.45) is 0 Å². The van der Waals surface area contributed by atoms with E-state index < -0.39 is 0 Å². The van der Waals surface area contributed by atoms with Crippen LogP contribution in [0.15, 0.2) is 48.9 Å². The zero-order valence-electron chi connectivity index (χ0n) is 15.9. The largest absolute Gasteiger partial charge is 0.255 e. The van der Waals surface area contributed by atoms with Crippen LogP contribution in [-0.2, 0) is 10.8 Å². The molecule has 0 bridgehead atoms. The van der Waals surface area contributed by atoms with E-state index in [-0.39, 0.29) is 10.8 Å². The summed E-state index contributed by atoms with van der Waals surface area (Å²) in [6.07, 6.45) is 5.55. The van der Waals surface area contributed by atoms with Crippen molar-refractivity contribution in [3.8, 4) is 17.2 Å². The third-order valence-corrected chi connectivity index (χ3v) is 4.31. The second kappa shape index (κ2) is 6.10. The summed E-state index contributed by atoms with van der Waals surface area (Å²) in [6, 6.07) is 10.4. The number of pyridine rings is 2. The fourth-order valence-electron chi connectivity index (χ4n) is 2.64. The van der Waals surface area contributed by atoms with E-state index in [1.54, 1.807) is 10.9 Å². The highest BCUT2D eigenvalue weighted by Crippen LogP contribution is 2.30. The molecule has 0 aromatic carbocycles. The lowest BCUT2D eigenvalue weighted by atomic mass is 9.85. The van der Waals surface area contributed by atoms with Gasteiger partial charge in [0.15, 0.2) is 5.82 Å². The second-order valence-electron chi connectivity index (χ2n) is 8.48. The van der Waals surface area contributed by atoms with Crippen molar-refractivity contribution < 1.29 is 0 Å². The van der Waals surface area contributed by atoms with Gasteiger partial charge in [-0.1, -0.05) is 41.5 Å². The molecule has 0 fully saturated rings. The minimum Gasteiger partial charge on any atom is -0.255 e. The highest BCUT2D eigenvalue weighted by Gasteiger charge is 2.19. The Bertz CT molecular complexity index is 866. The maximum absolute atomic E-state index is 4.82. The Kier molecular flexibility index (Phi) is 4.23. The third kappa shape index (κ3) is 3.78. The van der Waals surface area contributed by atoms with E-state index in [0.29, 0.717) is 0 Å². The van der Waals surface area contributed by atoms with Crippen molar-refractivity contribution >= 4 is 0 Å². The standard InChI is InChI=1S/C21H26N4/c1-20(2,3)15-8-10-22-17(12-15)18-13-16(21(4,5)6)14-19(24-18)25-11-7-9-23-25/h7-14H,1-6H3. The maximum Gasteiger partial charge on any atom is 0.154 e. The fraction of sp³-hybridized carbons (Fsp3) is 0.381. The van der Waals surface area contributed by atoms with E-state index in [4.69, 9.17) is 4.98 Å². The first-order valence-electron chi connectivity index (χ1n) is 8.64. The normalized spacial score (nSPS) is 12.4. The first-order chi connectivity index (χ1) is 11.6. The van der Waals surface area contributed by atoms with E-state index >= 15 is 0 Å². The lowest BCUT2D eigenvalue weighted by Crippen LogP contribution is -2.14. The summed E-state index contributed by atoms with van der Waals surface area (Å²) in [5, 5.41) is 4.34. The predicted octanol–water partition coefficient (Wildman–Crippen LogP) is 4.92. The van der Waals surface area contributed by atoms with Crippen LogP contribution in [0, 0.1) is 0 Å². The summed E-state index contributed by atoms with van der Waals surface area (Å²) in [6.45, 7) is 13.2. The lowest BCUT2D eigenvalue weighted by Gasteiger charge is -2.22.